The smallest absolute Gasteiger partial charge is 0.0705 e. The van der Waals surface area contributed by atoms with E-state index in [1.807, 2.05) is 19.2 Å². The van der Waals surface area contributed by atoms with Gasteiger partial charge < -0.3 is 4.74 Å². The van der Waals surface area contributed by atoms with Crippen molar-refractivity contribution in [2.75, 3.05) is 19.8 Å². The molecule has 0 saturated carbocycles. The van der Waals surface area contributed by atoms with E-state index >= 15 is 0 Å². The molecule has 0 N–H and O–H groups in total. The van der Waals surface area contributed by atoms with Crippen LogP contribution in [0.5, 0.6) is 0 Å². The van der Waals surface area contributed by atoms with Crippen LogP contribution < -0.4 is 0 Å². The Morgan fingerprint density at radius 1 is 1.16 bits per heavy atom. The molecular weight excluding hydrogens is 312 g/mol. The third-order valence-corrected chi connectivity index (χ3v) is 4.79. The lowest BCUT2D eigenvalue weighted by Gasteiger charge is -2.33. The molecule has 1 unspecified atom stereocenters. The molecule has 3 aromatic rings. The first-order valence-corrected chi connectivity index (χ1v) is 9.00. The fourth-order valence-corrected chi connectivity index (χ4v) is 3.59. The van der Waals surface area contributed by atoms with Gasteiger partial charge in [0.25, 0.3) is 0 Å². The Bertz CT molecular complexity index is 844. The van der Waals surface area contributed by atoms with Gasteiger partial charge in [-0.25, -0.2) is 0 Å². The number of ether oxygens (including phenoxy) is 1. The number of aromatic nitrogens is 3. The molecule has 130 valence electrons. The zero-order chi connectivity index (χ0) is 17.1. The van der Waals surface area contributed by atoms with Crippen LogP contribution in [0, 0.1) is 0 Å². The molecule has 0 bridgehead atoms. The van der Waals surface area contributed by atoms with Gasteiger partial charge in [-0.1, -0.05) is 24.3 Å². The Kier molecular flexibility index (Phi) is 4.76. The lowest BCUT2D eigenvalue weighted by Crippen LogP contribution is -2.37. The van der Waals surface area contributed by atoms with Gasteiger partial charge >= 0.3 is 0 Å². The third-order valence-electron chi connectivity index (χ3n) is 4.79. The molecule has 0 fully saturated rings. The standard InChI is InChI=1S/C20H24N4O/c1-2-25-12-10-19-15-23(14-18-9-11-21-24(18)19)13-17-8-7-16-5-3-4-6-20(16)22-17/h3-9,11,19H,2,10,12-15H2,1H3. The minimum Gasteiger partial charge on any atom is -0.382 e. The van der Waals surface area contributed by atoms with E-state index in [2.05, 4.69) is 51.1 Å². The average Bonchev–Trinajstić information content (AvgIpc) is 3.10. The number of para-hydroxylation sites is 1. The highest BCUT2D eigenvalue weighted by molar-refractivity contribution is 5.78. The van der Waals surface area contributed by atoms with E-state index in [0.29, 0.717) is 6.04 Å². The lowest BCUT2D eigenvalue weighted by atomic mass is 10.1. The second-order valence-electron chi connectivity index (χ2n) is 6.57. The summed E-state index contributed by atoms with van der Waals surface area (Å²) < 4.78 is 7.73. The van der Waals surface area contributed by atoms with Crippen LogP contribution in [0.1, 0.15) is 30.8 Å². The van der Waals surface area contributed by atoms with Crippen LogP contribution >= 0.6 is 0 Å². The van der Waals surface area contributed by atoms with E-state index in [-0.39, 0.29) is 0 Å². The van der Waals surface area contributed by atoms with Gasteiger partial charge in [0.1, 0.15) is 0 Å². The Balaban J connectivity index is 1.50. The van der Waals surface area contributed by atoms with Crippen LogP contribution in [0.3, 0.4) is 0 Å². The lowest BCUT2D eigenvalue weighted by molar-refractivity contribution is 0.103. The minimum absolute atomic E-state index is 0.366. The van der Waals surface area contributed by atoms with Crippen LogP contribution in [0.4, 0.5) is 0 Å². The number of rotatable bonds is 6. The number of hydrogen-bond donors (Lipinski definition) is 0. The molecule has 1 aliphatic rings. The maximum atomic E-state index is 5.56. The highest BCUT2D eigenvalue weighted by Gasteiger charge is 2.25. The van der Waals surface area contributed by atoms with Gasteiger partial charge in [0.15, 0.2) is 0 Å². The molecule has 0 spiro atoms. The van der Waals surface area contributed by atoms with Gasteiger partial charge in [0.05, 0.1) is 22.9 Å². The van der Waals surface area contributed by atoms with Crippen molar-refractivity contribution in [3.63, 3.8) is 0 Å². The average molecular weight is 336 g/mol. The van der Waals surface area contributed by atoms with Gasteiger partial charge in [-0.15, -0.1) is 0 Å². The summed E-state index contributed by atoms with van der Waals surface area (Å²) in [5.41, 5.74) is 3.46. The molecule has 1 aliphatic heterocycles. The van der Waals surface area contributed by atoms with Crippen LogP contribution in [0.25, 0.3) is 10.9 Å². The first-order chi connectivity index (χ1) is 12.3. The summed E-state index contributed by atoms with van der Waals surface area (Å²) in [6.07, 6.45) is 2.89. The fraction of sp³-hybridized carbons (Fsp3) is 0.400. The summed E-state index contributed by atoms with van der Waals surface area (Å²) >= 11 is 0. The molecule has 0 saturated heterocycles. The quantitative estimate of drug-likeness (QED) is 0.647. The van der Waals surface area contributed by atoms with E-state index in [0.717, 1.165) is 50.5 Å². The summed E-state index contributed by atoms with van der Waals surface area (Å²) in [6.45, 7) is 6.35. The fourth-order valence-electron chi connectivity index (χ4n) is 3.59. The maximum absolute atomic E-state index is 5.56. The van der Waals surface area contributed by atoms with E-state index < -0.39 is 0 Å². The Morgan fingerprint density at radius 3 is 3.00 bits per heavy atom. The molecule has 0 radical (unpaired) electrons. The minimum atomic E-state index is 0.366. The molecule has 2 aromatic heterocycles. The summed E-state index contributed by atoms with van der Waals surface area (Å²) in [5.74, 6) is 0. The first-order valence-electron chi connectivity index (χ1n) is 9.00. The molecule has 0 amide bonds. The predicted molar refractivity (Wildman–Crippen MR) is 98.2 cm³/mol. The molecule has 1 atom stereocenters. The second-order valence-corrected chi connectivity index (χ2v) is 6.57. The SMILES string of the molecule is CCOCCC1CN(Cc2ccc3ccccc3n2)Cc2ccnn21. The highest BCUT2D eigenvalue weighted by atomic mass is 16.5. The second kappa shape index (κ2) is 7.33. The Morgan fingerprint density at radius 2 is 2.08 bits per heavy atom. The van der Waals surface area contributed by atoms with Crippen LogP contribution in [-0.4, -0.2) is 39.4 Å². The molecule has 25 heavy (non-hydrogen) atoms. The molecule has 4 rings (SSSR count). The van der Waals surface area contributed by atoms with Crippen molar-refractivity contribution in [1.29, 1.82) is 0 Å². The van der Waals surface area contributed by atoms with E-state index in [4.69, 9.17) is 9.72 Å². The van der Waals surface area contributed by atoms with Crippen molar-refractivity contribution in [3.8, 4) is 0 Å². The first kappa shape index (κ1) is 16.2. The monoisotopic (exact) mass is 336 g/mol. The highest BCUT2D eigenvalue weighted by Crippen LogP contribution is 2.24. The molecule has 1 aromatic carbocycles. The normalized spacial score (nSPS) is 17.7. The van der Waals surface area contributed by atoms with Gasteiger partial charge in [-0.2, -0.15) is 5.10 Å². The summed E-state index contributed by atoms with van der Waals surface area (Å²) in [4.78, 5) is 7.29. The number of benzene rings is 1. The van der Waals surface area contributed by atoms with Crippen molar-refractivity contribution in [1.82, 2.24) is 19.7 Å². The Hall–Kier alpha value is -2.24. The van der Waals surface area contributed by atoms with Crippen LogP contribution in [0.2, 0.25) is 0 Å². The number of fused-ring (bicyclic) bond motifs is 2. The maximum Gasteiger partial charge on any atom is 0.0705 e. The van der Waals surface area contributed by atoms with Crippen molar-refractivity contribution < 1.29 is 4.74 Å². The number of nitrogens with zero attached hydrogens (tertiary/aromatic N) is 4. The topological polar surface area (TPSA) is 43.2 Å². The molecule has 0 aliphatic carbocycles. The van der Waals surface area contributed by atoms with E-state index in [1.165, 1.54) is 11.1 Å². The summed E-state index contributed by atoms with van der Waals surface area (Å²) in [5, 5.41) is 5.71. The summed E-state index contributed by atoms with van der Waals surface area (Å²) in [7, 11) is 0. The number of pyridine rings is 1. The number of hydrogen-bond acceptors (Lipinski definition) is 4. The van der Waals surface area contributed by atoms with Gasteiger partial charge in [0.2, 0.25) is 0 Å². The zero-order valence-corrected chi connectivity index (χ0v) is 14.6. The zero-order valence-electron chi connectivity index (χ0n) is 14.6. The van der Waals surface area contributed by atoms with Crippen molar-refractivity contribution in [2.24, 2.45) is 0 Å². The molecular formula is C20H24N4O. The van der Waals surface area contributed by atoms with Crippen molar-refractivity contribution in [3.05, 3.63) is 60.0 Å². The van der Waals surface area contributed by atoms with Gasteiger partial charge in [0, 0.05) is 44.4 Å². The molecule has 5 nitrogen and oxygen atoms in total. The predicted octanol–water partition coefficient (Wildman–Crippen LogP) is 3.41. The van der Waals surface area contributed by atoms with Crippen molar-refractivity contribution >= 4 is 10.9 Å². The van der Waals surface area contributed by atoms with Gasteiger partial charge in [-0.05, 0) is 31.5 Å². The third kappa shape index (κ3) is 3.57. The molecule has 3 heterocycles. The van der Waals surface area contributed by atoms with Crippen LogP contribution in [0.15, 0.2) is 48.7 Å². The van der Waals surface area contributed by atoms with Crippen molar-refractivity contribution in [2.45, 2.75) is 32.5 Å². The molecule has 5 heteroatoms. The summed E-state index contributed by atoms with van der Waals surface area (Å²) in [6, 6.07) is 15.1. The van der Waals surface area contributed by atoms with E-state index in [1.54, 1.807) is 0 Å². The van der Waals surface area contributed by atoms with Gasteiger partial charge in [-0.3, -0.25) is 14.6 Å². The largest absolute Gasteiger partial charge is 0.382 e. The van der Waals surface area contributed by atoms with Crippen LogP contribution in [-0.2, 0) is 17.8 Å². The van der Waals surface area contributed by atoms with E-state index in [9.17, 15) is 0 Å². The Labute approximate surface area is 148 Å².